The number of pyridine rings is 1. The van der Waals surface area contributed by atoms with Crippen molar-refractivity contribution in [2.75, 3.05) is 19.6 Å². The van der Waals surface area contributed by atoms with Gasteiger partial charge >= 0.3 is 0 Å². The first-order chi connectivity index (χ1) is 12.7. The number of rotatable bonds is 5. The van der Waals surface area contributed by atoms with Gasteiger partial charge in [-0.25, -0.2) is 0 Å². The van der Waals surface area contributed by atoms with Crippen molar-refractivity contribution in [1.82, 2.24) is 15.2 Å². The minimum absolute atomic E-state index is 0. The number of hydrogen-bond acceptors (Lipinski definition) is 3. The fraction of sp³-hybridized carbons (Fsp3) is 0.429. The normalized spacial score (nSPS) is 16.8. The summed E-state index contributed by atoms with van der Waals surface area (Å²) in [6.07, 6.45) is 8.27. The fourth-order valence-corrected chi connectivity index (χ4v) is 3.61. The zero-order chi connectivity index (χ0) is 17.9. The Balaban J connectivity index is 0.00000140. The van der Waals surface area contributed by atoms with Crippen molar-refractivity contribution in [1.29, 1.82) is 0 Å². The topological polar surface area (TPSA) is 45.2 Å². The maximum atomic E-state index is 12.9. The van der Waals surface area contributed by atoms with Gasteiger partial charge in [-0.15, -0.1) is 24.8 Å². The summed E-state index contributed by atoms with van der Waals surface area (Å²) in [6, 6.07) is 10.1. The Kier molecular flexibility index (Phi) is 8.56. The van der Waals surface area contributed by atoms with Crippen LogP contribution < -0.4 is 5.32 Å². The molecule has 1 aliphatic heterocycles. The highest BCUT2D eigenvalue weighted by atomic mass is 35.5. The molecular weight excluding hydrogens is 417 g/mol. The molecule has 1 amide bonds. The quantitative estimate of drug-likeness (QED) is 0.720. The molecule has 0 bridgehead atoms. The summed E-state index contributed by atoms with van der Waals surface area (Å²) in [4.78, 5) is 19.1. The molecule has 0 spiro atoms. The van der Waals surface area contributed by atoms with Gasteiger partial charge in [0.1, 0.15) is 0 Å². The number of nitrogens with zero attached hydrogens (tertiary/aromatic N) is 2. The summed E-state index contributed by atoms with van der Waals surface area (Å²) >= 11 is 5.96. The molecule has 4 rings (SSSR count). The minimum atomic E-state index is 0. The standard InChI is InChI=1S/C21H24ClN3O.2ClH/c22-19-5-3-16(4-6-19)17-11-18(14-23-13-17)21(26)25-9-7-20(8-10-25)24-12-15-1-2-15;;/h3-6,11,13-15,20,24H,1-2,7-10,12H2;2*1H. The third-order valence-corrected chi connectivity index (χ3v) is 5.59. The zero-order valence-corrected chi connectivity index (χ0v) is 18.0. The molecule has 1 aliphatic carbocycles. The smallest absolute Gasteiger partial charge is 0.255 e. The first kappa shape index (κ1) is 23.0. The van der Waals surface area contributed by atoms with Crippen LogP contribution in [-0.2, 0) is 0 Å². The summed E-state index contributed by atoms with van der Waals surface area (Å²) in [5.74, 6) is 0.977. The van der Waals surface area contributed by atoms with Gasteiger partial charge in [-0.2, -0.15) is 0 Å². The number of benzene rings is 1. The number of carbonyl (C=O) groups is 1. The van der Waals surface area contributed by atoms with Crippen molar-refractivity contribution in [3.05, 3.63) is 53.3 Å². The third-order valence-electron chi connectivity index (χ3n) is 5.34. The van der Waals surface area contributed by atoms with Crippen LogP contribution in [0.3, 0.4) is 0 Å². The van der Waals surface area contributed by atoms with Crippen LogP contribution in [0.1, 0.15) is 36.0 Å². The summed E-state index contributed by atoms with van der Waals surface area (Å²) in [5, 5.41) is 4.36. The average molecular weight is 443 g/mol. The average Bonchev–Trinajstić information content (AvgIpc) is 3.51. The van der Waals surface area contributed by atoms with Crippen LogP contribution >= 0.6 is 36.4 Å². The van der Waals surface area contributed by atoms with Gasteiger partial charge in [0, 0.05) is 42.1 Å². The molecule has 0 atom stereocenters. The summed E-state index contributed by atoms with van der Waals surface area (Å²) in [5.41, 5.74) is 2.61. The number of carbonyl (C=O) groups excluding carboxylic acids is 1. The lowest BCUT2D eigenvalue weighted by molar-refractivity contribution is 0.0704. The Hall–Kier alpha value is -1.33. The Morgan fingerprint density at radius 2 is 1.71 bits per heavy atom. The van der Waals surface area contributed by atoms with Crippen molar-refractivity contribution in [2.45, 2.75) is 31.7 Å². The van der Waals surface area contributed by atoms with E-state index in [2.05, 4.69) is 10.3 Å². The van der Waals surface area contributed by atoms with E-state index in [-0.39, 0.29) is 30.7 Å². The lowest BCUT2D eigenvalue weighted by atomic mass is 10.0. The predicted molar refractivity (Wildman–Crippen MR) is 119 cm³/mol. The number of nitrogens with one attached hydrogen (secondary N) is 1. The van der Waals surface area contributed by atoms with E-state index in [1.165, 1.54) is 12.8 Å². The van der Waals surface area contributed by atoms with E-state index < -0.39 is 0 Å². The van der Waals surface area contributed by atoms with Gasteiger partial charge in [0.15, 0.2) is 0 Å². The van der Waals surface area contributed by atoms with Crippen molar-refractivity contribution in [2.24, 2.45) is 5.92 Å². The van der Waals surface area contributed by atoms with E-state index >= 15 is 0 Å². The SMILES string of the molecule is Cl.Cl.O=C(c1cncc(-c2ccc(Cl)cc2)c1)N1CCC(NCC2CC2)CC1. The van der Waals surface area contributed by atoms with Crippen LogP contribution in [-0.4, -0.2) is 41.5 Å². The molecule has 4 nitrogen and oxygen atoms in total. The van der Waals surface area contributed by atoms with Gasteiger partial charge in [0.2, 0.25) is 0 Å². The molecule has 152 valence electrons. The second-order valence-corrected chi connectivity index (χ2v) is 7.82. The first-order valence-electron chi connectivity index (χ1n) is 9.43. The van der Waals surface area contributed by atoms with Gasteiger partial charge in [-0.1, -0.05) is 23.7 Å². The number of piperidine rings is 1. The van der Waals surface area contributed by atoms with Crippen molar-refractivity contribution < 1.29 is 4.79 Å². The highest BCUT2D eigenvalue weighted by Crippen LogP contribution is 2.28. The van der Waals surface area contributed by atoms with E-state index in [1.807, 2.05) is 35.2 Å². The molecule has 2 aliphatic rings. The van der Waals surface area contributed by atoms with Crippen LogP contribution in [0.15, 0.2) is 42.7 Å². The van der Waals surface area contributed by atoms with Crippen molar-refractivity contribution in [3.63, 3.8) is 0 Å². The number of hydrogen-bond donors (Lipinski definition) is 1. The maximum Gasteiger partial charge on any atom is 0.255 e. The predicted octanol–water partition coefficient (Wildman–Crippen LogP) is 4.85. The molecule has 1 N–H and O–H groups in total. The molecule has 0 radical (unpaired) electrons. The number of halogens is 3. The van der Waals surface area contributed by atoms with Gasteiger partial charge in [0.25, 0.3) is 5.91 Å². The van der Waals surface area contributed by atoms with Gasteiger partial charge in [-0.05, 0) is 61.9 Å². The zero-order valence-electron chi connectivity index (χ0n) is 15.6. The highest BCUT2D eigenvalue weighted by molar-refractivity contribution is 6.30. The van der Waals surface area contributed by atoms with Crippen molar-refractivity contribution >= 4 is 42.3 Å². The Labute approximate surface area is 183 Å². The molecule has 28 heavy (non-hydrogen) atoms. The highest BCUT2D eigenvalue weighted by Gasteiger charge is 2.26. The Bertz CT molecular complexity index is 773. The van der Waals surface area contributed by atoms with E-state index in [1.54, 1.807) is 12.4 Å². The molecule has 0 unspecified atom stereocenters. The minimum Gasteiger partial charge on any atom is -0.338 e. The summed E-state index contributed by atoms with van der Waals surface area (Å²) < 4.78 is 0. The second-order valence-electron chi connectivity index (χ2n) is 7.39. The maximum absolute atomic E-state index is 12.9. The number of likely N-dealkylation sites (tertiary alicyclic amines) is 1. The molecule has 1 aromatic heterocycles. The lowest BCUT2D eigenvalue weighted by Crippen LogP contribution is -2.45. The molecule has 1 saturated carbocycles. The van der Waals surface area contributed by atoms with Crippen molar-refractivity contribution in [3.8, 4) is 11.1 Å². The van der Waals surface area contributed by atoms with Crippen LogP contribution in [0.2, 0.25) is 5.02 Å². The number of amides is 1. The number of aromatic nitrogens is 1. The van der Waals surface area contributed by atoms with Crippen LogP contribution in [0.25, 0.3) is 11.1 Å². The molecular formula is C21H26Cl3N3O. The molecule has 2 heterocycles. The van der Waals surface area contributed by atoms with E-state index in [0.717, 1.165) is 49.5 Å². The van der Waals surface area contributed by atoms with Crippen LogP contribution in [0.5, 0.6) is 0 Å². The summed E-state index contributed by atoms with van der Waals surface area (Å²) in [6.45, 7) is 2.77. The third kappa shape index (κ3) is 5.84. The fourth-order valence-electron chi connectivity index (χ4n) is 3.48. The van der Waals surface area contributed by atoms with Gasteiger partial charge < -0.3 is 10.2 Å². The molecule has 2 fully saturated rings. The van der Waals surface area contributed by atoms with Gasteiger partial charge in [0.05, 0.1) is 5.56 Å². The van der Waals surface area contributed by atoms with Crippen LogP contribution in [0, 0.1) is 5.92 Å². The Morgan fingerprint density at radius 3 is 2.36 bits per heavy atom. The Morgan fingerprint density at radius 1 is 1.04 bits per heavy atom. The molecule has 2 aromatic rings. The lowest BCUT2D eigenvalue weighted by Gasteiger charge is -2.32. The van der Waals surface area contributed by atoms with E-state index in [4.69, 9.17) is 11.6 Å². The first-order valence-corrected chi connectivity index (χ1v) is 9.80. The van der Waals surface area contributed by atoms with Gasteiger partial charge in [-0.3, -0.25) is 9.78 Å². The second kappa shape index (κ2) is 10.4. The monoisotopic (exact) mass is 441 g/mol. The molecule has 1 saturated heterocycles. The molecule has 1 aromatic carbocycles. The molecule has 7 heteroatoms. The van der Waals surface area contributed by atoms with E-state index in [9.17, 15) is 4.79 Å². The largest absolute Gasteiger partial charge is 0.338 e. The van der Waals surface area contributed by atoms with Crippen LogP contribution in [0.4, 0.5) is 0 Å². The summed E-state index contributed by atoms with van der Waals surface area (Å²) in [7, 11) is 0. The van der Waals surface area contributed by atoms with E-state index in [0.29, 0.717) is 16.6 Å².